The summed E-state index contributed by atoms with van der Waals surface area (Å²) in [6.45, 7) is 2.39. The maximum atomic E-state index is 11.7. The van der Waals surface area contributed by atoms with Crippen LogP contribution in [0.1, 0.15) is 24.3 Å². The lowest BCUT2D eigenvalue weighted by molar-refractivity contribution is -0.123. The molecule has 0 spiro atoms. The minimum atomic E-state index is -0.534. The van der Waals surface area contributed by atoms with Crippen LogP contribution in [0, 0.1) is 0 Å². The van der Waals surface area contributed by atoms with Gasteiger partial charge < -0.3 is 15.8 Å². The number of hydrogen-bond acceptors (Lipinski definition) is 4. The van der Waals surface area contributed by atoms with Gasteiger partial charge in [-0.25, -0.2) is 0 Å². The highest BCUT2D eigenvalue weighted by atomic mass is 35.5. The van der Waals surface area contributed by atoms with Crippen LogP contribution in [0.15, 0.2) is 12.1 Å². The van der Waals surface area contributed by atoms with Gasteiger partial charge in [-0.2, -0.15) is 0 Å². The zero-order chi connectivity index (χ0) is 12.8. The molecular weight excluding hydrogens is 260 g/mol. The smallest absolute Gasteiger partial charge is 0.237 e. The Hall–Kier alpha value is -0.620. The molecule has 0 saturated carbocycles. The van der Waals surface area contributed by atoms with Crippen molar-refractivity contribution < 1.29 is 9.53 Å². The monoisotopic (exact) mass is 276 g/mol. The van der Waals surface area contributed by atoms with Crippen LogP contribution in [0.4, 0.5) is 0 Å². The van der Waals surface area contributed by atoms with Crippen molar-refractivity contribution in [1.82, 2.24) is 5.32 Å². The maximum Gasteiger partial charge on any atom is 0.237 e. The van der Waals surface area contributed by atoms with Gasteiger partial charge in [0, 0.05) is 18.6 Å². The topological polar surface area (TPSA) is 64.3 Å². The highest BCUT2D eigenvalue weighted by Crippen LogP contribution is 2.26. The van der Waals surface area contributed by atoms with Gasteiger partial charge in [0.2, 0.25) is 5.91 Å². The van der Waals surface area contributed by atoms with E-state index in [1.807, 2.05) is 19.1 Å². The zero-order valence-electron chi connectivity index (χ0n) is 9.90. The van der Waals surface area contributed by atoms with E-state index in [4.69, 9.17) is 22.1 Å². The van der Waals surface area contributed by atoms with Gasteiger partial charge in [-0.1, -0.05) is 11.6 Å². The number of halogens is 1. The molecule has 0 aromatic carbocycles. The first kappa shape index (κ1) is 14.4. The predicted molar refractivity (Wildman–Crippen MR) is 70.4 cm³/mol. The Morgan fingerprint density at radius 1 is 1.65 bits per heavy atom. The Kier molecular flexibility index (Phi) is 5.91. The molecule has 1 rings (SSSR count). The number of carbonyl (C=O) groups is 1. The fourth-order valence-electron chi connectivity index (χ4n) is 1.33. The first-order chi connectivity index (χ1) is 8.04. The molecule has 0 bridgehead atoms. The van der Waals surface area contributed by atoms with Crippen LogP contribution < -0.4 is 11.1 Å². The molecule has 0 aliphatic heterocycles. The number of amides is 1. The van der Waals surface area contributed by atoms with E-state index < -0.39 is 6.04 Å². The summed E-state index contributed by atoms with van der Waals surface area (Å²) in [7, 11) is 1.58. The summed E-state index contributed by atoms with van der Waals surface area (Å²) in [5, 5.41) is 2.85. The van der Waals surface area contributed by atoms with E-state index in [9.17, 15) is 4.79 Å². The number of nitrogens with one attached hydrogen (secondary N) is 1. The number of hydrogen-bond donors (Lipinski definition) is 2. The Labute approximate surface area is 110 Å². The second-order valence-corrected chi connectivity index (χ2v) is 5.51. The number of carbonyl (C=O) groups excluding carboxylic acids is 1. The van der Waals surface area contributed by atoms with E-state index in [2.05, 4.69) is 5.32 Å². The Bertz CT molecular complexity index is 370. The van der Waals surface area contributed by atoms with Gasteiger partial charge in [0.1, 0.15) is 0 Å². The summed E-state index contributed by atoms with van der Waals surface area (Å²) in [4.78, 5) is 12.7. The van der Waals surface area contributed by atoms with Crippen LogP contribution in [0.25, 0.3) is 0 Å². The van der Waals surface area contributed by atoms with Crippen LogP contribution in [-0.2, 0) is 9.53 Å². The normalized spacial score (nSPS) is 14.4. The van der Waals surface area contributed by atoms with E-state index in [0.29, 0.717) is 17.4 Å². The SMILES string of the molecule is COCCC(N)C(=O)NC(C)c1ccc(Cl)s1. The zero-order valence-corrected chi connectivity index (χ0v) is 11.5. The second-order valence-electron chi connectivity index (χ2n) is 3.76. The number of rotatable bonds is 6. The Morgan fingerprint density at radius 3 is 2.88 bits per heavy atom. The molecule has 1 amide bonds. The molecule has 1 heterocycles. The van der Waals surface area contributed by atoms with Gasteiger partial charge in [-0.05, 0) is 25.5 Å². The third-order valence-electron chi connectivity index (χ3n) is 2.35. The van der Waals surface area contributed by atoms with Gasteiger partial charge >= 0.3 is 0 Å². The molecule has 0 saturated heterocycles. The molecule has 4 nitrogen and oxygen atoms in total. The Balaban J connectivity index is 2.45. The fourth-order valence-corrected chi connectivity index (χ4v) is 2.39. The van der Waals surface area contributed by atoms with Crippen molar-refractivity contribution in [3.05, 3.63) is 21.3 Å². The lowest BCUT2D eigenvalue weighted by Crippen LogP contribution is -2.42. The quantitative estimate of drug-likeness (QED) is 0.835. The molecule has 3 N–H and O–H groups in total. The fraction of sp³-hybridized carbons (Fsp3) is 0.545. The van der Waals surface area contributed by atoms with Crippen LogP contribution in [-0.4, -0.2) is 25.7 Å². The lowest BCUT2D eigenvalue weighted by Gasteiger charge is -2.16. The Morgan fingerprint density at radius 2 is 2.35 bits per heavy atom. The van der Waals surface area contributed by atoms with Gasteiger partial charge in [0.25, 0.3) is 0 Å². The van der Waals surface area contributed by atoms with Gasteiger partial charge in [-0.15, -0.1) is 11.3 Å². The highest BCUT2D eigenvalue weighted by molar-refractivity contribution is 7.16. The average Bonchev–Trinajstić information content (AvgIpc) is 2.72. The van der Waals surface area contributed by atoms with Crippen molar-refractivity contribution in [3.63, 3.8) is 0 Å². The number of thiophene rings is 1. The van der Waals surface area contributed by atoms with Crippen molar-refractivity contribution in [3.8, 4) is 0 Å². The molecule has 0 aliphatic carbocycles. The number of methoxy groups -OCH3 is 1. The molecule has 2 atom stereocenters. The molecule has 1 aromatic heterocycles. The maximum absolute atomic E-state index is 11.7. The van der Waals surface area contributed by atoms with Crippen LogP contribution in [0.2, 0.25) is 4.34 Å². The van der Waals surface area contributed by atoms with Gasteiger partial charge in [-0.3, -0.25) is 4.79 Å². The summed E-state index contributed by atoms with van der Waals surface area (Å²) < 4.78 is 5.59. The molecule has 2 unspecified atom stereocenters. The van der Waals surface area contributed by atoms with E-state index >= 15 is 0 Å². The standard InChI is InChI=1S/C11H17ClN2O2S/c1-7(9-3-4-10(12)17-9)14-11(15)8(13)5-6-16-2/h3-4,7-8H,5-6,13H2,1-2H3,(H,14,15). The minimum Gasteiger partial charge on any atom is -0.385 e. The third kappa shape index (κ3) is 4.63. The van der Waals surface area contributed by atoms with E-state index in [0.717, 1.165) is 4.88 Å². The molecule has 0 radical (unpaired) electrons. The number of ether oxygens (including phenoxy) is 1. The van der Waals surface area contributed by atoms with Gasteiger partial charge in [0.15, 0.2) is 0 Å². The van der Waals surface area contributed by atoms with Crippen LogP contribution in [0.3, 0.4) is 0 Å². The summed E-state index contributed by atoms with van der Waals surface area (Å²) in [5.74, 6) is -0.168. The van der Waals surface area contributed by atoms with E-state index in [-0.39, 0.29) is 11.9 Å². The molecular formula is C11H17ClN2O2S. The summed E-state index contributed by atoms with van der Waals surface area (Å²) in [6.07, 6.45) is 0.514. The lowest BCUT2D eigenvalue weighted by atomic mass is 10.2. The molecule has 96 valence electrons. The summed E-state index contributed by atoms with van der Waals surface area (Å²) in [6, 6.07) is 3.11. The number of nitrogens with two attached hydrogens (primary N) is 1. The molecule has 17 heavy (non-hydrogen) atoms. The van der Waals surface area contributed by atoms with E-state index in [1.165, 1.54) is 11.3 Å². The van der Waals surface area contributed by atoms with Crippen molar-refractivity contribution in [2.24, 2.45) is 5.73 Å². The average molecular weight is 277 g/mol. The molecule has 0 aliphatic rings. The highest BCUT2D eigenvalue weighted by Gasteiger charge is 2.17. The largest absolute Gasteiger partial charge is 0.385 e. The molecule has 6 heteroatoms. The summed E-state index contributed by atoms with van der Waals surface area (Å²) >= 11 is 7.29. The van der Waals surface area contributed by atoms with Gasteiger partial charge in [0.05, 0.1) is 16.4 Å². The van der Waals surface area contributed by atoms with Crippen molar-refractivity contribution in [2.75, 3.05) is 13.7 Å². The molecule has 1 aromatic rings. The van der Waals surface area contributed by atoms with Crippen molar-refractivity contribution in [2.45, 2.75) is 25.4 Å². The predicted octanol–water partition coefficient (Wildman–Crippen LogP) is 1.94. The van der Waals surface area contributed by atoms with Crippen LogP contribution in [0.5, 0.6) is 0 Å². The third-order valence-corrected chi connectivity index (χ3v) is 3.76. The second kappa shape index (κ2) is 6.96. The first-order valence-corrected chi connectivity index (χ1v) is 6.54. The van der Waals surface area contributed by atoms with Crippen LogP contribution >= 0.6 is 22.9 Å². The minimum absolute atomic E-state index is 0.0754. The van der Waals surface area contributed by atoms with E-state index in [1.54, 1.807) is 7.11 Å². The first-order valence-electron chi connectivity index (χ1n) is 5.34. The van der Waals surface area contributed by atoms with Crippen molar-refractivity contribution >= 4 is 28.8 Å². The molecule has 0 fully saturated rings. The van der Waals surface area contributed by atoms with Crippen molar-refractivity contribution in [1.29, 1.82) is 0 Å². The summed E-state index contributed by atoms with van der Waals surface area (Å²) in [5.41, 5.74) is 5.72.